The summed E-state index contributed by atoms with van der Waals surface area (Å²) in [5.41, 5.74) is 3.46. The molecule has 168 valence electrons. The van der Waals surface area contributed by atoms with E-state index in [0.717, 1.165) is 22.1 Å². The number of rotatable bonds is 9. The van der Waals surface area contributed by atoms with Crippen molar-refractivity contribution in [2.24, 2.45) is 0 Å². The van der Waals surface area contributed by atoms with Crippen LogP contribution in [0.25, 0.3) is 10.9 Å². The Bertz CT molecular complexity index is 1290. The Hall–Kier alpha value is -3.99. The summed E-state index contributed by atoms with van der Waals surface area (Å²) in [6.45, 7) is 5.06. The van der Waals surface area contributed by atoms with Gasteiger partial charge >= 0.3 is 0 Å². The summed E-state index contributed by atoms with van der Waals surface area (Å²) in [5, 5.41) is 0.756. The number of fused-ring (bicyclic) bond motifs is 1. The Morgan fingerprint density at radius 1 is 0.788 bits per heavy atom. The van der Waals surface area contributed by atoms with Gasteiger partial charge in [0.25, 0.3) is 5.56 Å². The lowest BCUT2D eigenvalue weighted by Gasteiger charge is -2.15. The first kappa shape index (κ1) is 22.2. The molecule has 5 nitrogen and oxygen atoms in total. The van der Waals surface area contributed by atoms with Crippen LogP contribution >= 0.6 is 0 Å². The first-order valence-corrected chi connectivity index (χ1v) is 10.9. The van der Waals surface area contributed by atoms with Crippen molar-refractivity contribution in [3.8, 4) is 17.2 Å². The van der Waals surface area contributed by atoms with Crippen molar-refractivity contribution >= 4 is 10.9 Å². The van der Waals surface area contributed by atoms with E-state index >= 15 is 0 Å². The van der Waals surface area contributed by atoms with E-state index in [0.29, 0.717) is 30.2 Å². The summed E-state index contributed by atoms with van der Waals surface area (Å²) in [5.74, 6) is 1.26. The molecule has 3 aromatic carbocycles. The highest BCUT2D eigenvalue weighted by Gasteiger charge is 2.17. The average Bonchev–Trinajstić information content (AvgIpc) is 2.83. The molecule has 0 aliphatic rings. The van der Waals surface area contributed by atoms with E-state index in [9.17, 15) is 4.79 Å². The number of allylic oxidation sites excluding steroid dienone is 1. The number of nitrogens with one attached hydrogen (secondary N) is 1. The van der Waals surface area contributed by atoms with E-state index < -0.39 is 0 Å². The second-order valence-electron chi connectivity index (χ2n) is 7.96. The number of hydrogen-bond acceptors (Lipinski definition) is 4. The molecule has 0 aliphatic carbocycles. The van der Waals surface area contributed by atoms with Gasteiger partial charge in [0, 0.05) is 11.5 Å². The molecule has 0 aliphatic heterocycles. The minimum absolute atomic E-state index is 0.173. The Balaban J connectivity index is 1.64. The summed E-state index contributed by atoms with van der Waals surface area (Å²) in [6.07, 6.45) is 1.96. The number of hydrogen-bond donors (Lipinski definition) is 1. The van der Waals surface area contributed by atoms with E-state index in [1.807, 2.05) is 98.8 Å². The topological polar surface area (TPSA) is 60.5 Å². The zero-order chi connectivity index (χ0) is 23.0. The zero-order valence-corrected chi connectivity index (χ0v) is 18.8. The van der Waals surface area contributed by atoms with Crippen LogP contribution in [-0.2, 0) is 13.2 Å². The minimum Gasteiger partial charge on any atom is -0.489 e. The van der Waals surface area contributed by atoms with Crippen LogP contribution < -0.4 is 19.8 Å². The molecule has 0 spiro atoms. The molecule has 1 heterocycles. The maximum Gasteiger partial charge on any atom is 0.294 e. The predicted molar refractivity (Wildman–Crippen MR) is 131 cm³/mol. The van der Waals surface area contributed by atoms with Crippen LogP contribution in [0.1, 0.15) is 25.0 Å². The Morgan fingerprint density at radius 3 is 2.06 bits per heavy atom. The van der Waals surface area contributed by atoms with Gasteiger partial charge in [-0.15, -0.1) is 0 Å². The fraction of sp³-hybridized carbons (Fsp3) is 0.179. The maximum atomic E-state index is 12.9. The molecule has 4 rings (SSSR count). The molecular formula is C28H27NO4. The molecule has 0 bridgehead atoms. The third kappa shape index (κ3) is 5.83. The van der Waals surface area contributed by atoms with Gasteiger partial charge in [0.2, 0.25) is 5.75 Å². The van der Waals surface area contributed by atoms with Gasteiger partial charge < -0.3 is 19.2 Å². The van der Waals surface area contributed by atoms with Gasteiger partial charge in [-0.2, -0.15) is 0 Å². The van der Waals surface area contributed by atoms with Gasteiger partial charge in [-0.1, -0.05) is 66.2 Å². The summed E-state index contributed by atoms with van der Waals surface area (Å²) in [7, 11) is 0. The van der Waals surface area contributed by atoms with Crippen LogP contribution in [-0.4, -0.2) is 11.6 Å². The van der Waals surface area contributed by atoms with Crippen molar-refractivity contribution in [1.82, 2.24) is 4.98 Å². The highest BCUT2D eigenvalue weighted by Crippen LogP contribution is 2.34. The van der Waals surface area contributed by atoms with Crippen molar-refractivity contribution in [1.29, 1.82) is 0 Å². The lowest BCUT2D eigenvalue weighted by Crippen LogP contribution is -2.14. The summed E-state index contributed by atoms with van der Waals surface area (Å²) >= 11 is 0. The normalized spacial score (nSPS) is 10.6. The number of ether oxygens (including phenoxy) is 3. The van der Waals surface area contributed by atoms with Gasteiger partial charge in [0.15, 0.2) is 5.75 Å². The van der Waals surface area contributed by atoms with Gasteiger partial charge in [-0.3, -0.25) is 4.79 Å². The molecule has 0 unspecified atom stereocenters. The van der Waals surface area contributed by atoms with Gasteiger partial charge in [0.05, 0.1) is 5.52 Å². The monoisotopic (exact) mass is 441 g/mol. The van der Waals surface area contributed by atoms with Crippen molar-refractivity contribution in [2.75, 3.05) is 6.61 Å². The number of benzene rings is 3. The zero-order valence-electron chi connectivity index (χ0n) is 18.8. The maximum absolute atomic E-state index is 12.9. The molecule has 5 heteroatoms. The van der Waals surface area contributed by atoms with E-state index in [4.69, 9.17) is 14.2 Å². The Kier molecular flexibility index (Phi) is 7.10. The van der Waals surface area contributed by atoms with Crippen molar-refractivity contribution < 1.29 is 14.2 Å². The lowest BCUT2D eigenvalue weighted by atomic mass is 10.1. The highest BCUT2D eigenvalue weighted by atomic mass is 16.5. The second kappa shape index (κ2) is 10.6. The van der Waals surface area contributed by atoms with Crippen molar-refractivity contribution in [3.63, 3.8) is 0 Å². The smallest absolute Gasteiger partial charge is 0.294 e. The average molecular weight is 442 g/mol. The molecule has 33 heavy (non-hydrogen) atoms. The molecule has 4 aromatic rings. The number of aromatic amines is 1. The molecule has 0 atom stereocenters. The van der Waals surface area contributed by atoms with E-state index in [-0.39, 0.29) is 17.9 Å². The minimum atomic E-state index is -0.342. The first-order chi connectivity index (χ1) is 16.1. The molecule has 1 aromatic heterocycles. The van der Waals surface area contributed by atoms with Gasteiger partial charge in [0.1, 0.15) is 25.6 Å². The number of aromatic nitrogens is 1. The molecule has 0 saturated carbocycles. The van der Waals surface area contributed by atoms with Crippen LogP contribution in [0.3, 0.4) is 0 Å². The van der Waals surface area contributed by atoms with E-state index in [1.54, 1.807) is 0 Å². The fourth-order valence-corrected chi connectivity index (χ4v) is 3.36. The standard InChI is InChI=1S/C28H27NO4/c1-20(2)15-16-31-26-24-14-13-23(32-18-21-9-5-3-6-10-21)17-25(24)29-28(30)27(26)33-19-22-11-7-4-8-12-22/h3-15,17H,16,18-19H2,1-2H3,(H,29,30). The van der Waals surface area contributed by atoms with Crippen molar-refractivity contribution in [2.45, 2.75) is 27.1 Å². The summed E-state index contributed by atoms with van der Waals surface area (Å²) < 4.78 is 17.9. The SMILES string of the molecule is CC(C)=CCOc1c(OCc2ccccc2)c(=O)[nH]c2cc(OCc3ccccc3)ccc12. The fourth-order valence-electron chi connectivity index (χ4n) is 3.36. The quantitative estimate of drug-likeness (QED) is 0.322. The van der Waals surface area contributed by atoms with Gasteiger partial charge in [-0.25, -0.2) is 0 Å². The second-order valence-corrected chi connectivity index (χ2v) is 7.96. The molecule has 0 amide bonds. The van der Waals surface area contributed by atoms with Crippen LogP contribution in [0.15, 0.2) is 95.3 Å². The number of H-pyrrole nitrogens is 1. The Morgan fingerprint density at radius 2 is 1.42 bits per heavy atom. The molecule has 0 fully saturated rings. The van der Waals surface area contributed by atoms with Gasteiger partial charge in [-0.05, 0) is 43.2 Å². The molecule has 0 saturated heterocycles. The molecule has 0 radical (unpaired) electrons. The first-order valence-electron chi connectivity index (χ1n) is 10.9. The van der Waals surface area contributed by atoms with Crippen molar-refractivity contribution in [3.05, 3.63) is 112 Å². The van der Waals surface area contributed by atoms with Crippen LogP contribution in [0.4, 0.5) is 0 Å². The molecule has 1 N–H and O–H groups in total. The summed E-state index contributed by atoms with van der Waals surface area (Å²) in [6, 6.07) is 25.2. The third-order valence-corrected chi connectivity index (χ3v) is 5.09. The summed E-state index contributed by atoms with van der Waals surface area (Å²) in [4.78, 5) is 15.9. The molecular weight excluding hydrogens is 414 g/mol. The number of pyridine rings is 1. The van der Waals surface area contributed by atoms with Crippen LogP contribution in [0, 0.1) is 0 Å². The third-order valence-electron chi connectivity index (χ3n) is 5.09. The Labute approximate surface area is 193 Å². The highest BCUT2D eigenvalue weighted by molar-refractivity contribution is 5.88. The van der Waals surface area contributed by atoms with E-state index in [1.165, 1.54) is 0 Å². The largest absolute Gasteiger partial charge is 0.489 e. The predicted octanol–water partition coefficient (Wildman–Crippen LogP) is 6.03. The lowest BCUT2D eigenvalue weighted by molar-refractivity contribution is 0.273. The van der Waals surface area contributed by atoms with E-state index in [2.05, 4.69) is 4.98 Å². The van der Waals surface area contributed by atoms with Crippen LogP contribution in [0.5, 0.6) is 17.2 Å². The van der Waals surface area contributed by atoms with Crippen LogP contribution in [0.2, 0.25) is 0 Å².